The van der Waals surface area contributed by atoms with Gasteiger partial charge in [0.15, 0.2) is 0 Å². The van der Waals surface area contributed by atoms with Crippen molar-refractivity contribution in [3.8, 4) is 0 Å². The second-order valence-corrected chi connectivity index (χ2v) is 8.84. The molecule has 0 spiro atoms. The van der Waals surface area contributed by atoms with Gasteiger partial charge in [0, 0.05) is 29.3 Å². The molecule has 1 N–H and O–H groups in total. The van der Waals surface area contributed by atoms with E-state index in [0.717, 1.165) is 23.7 Å². The first-order chi connectivity index (χ1) is 10.9. The van der Waals surface area contributed by atoms with E-state index in [1.807, 2.05) is 25.1 Å². The molecule has 0 bridgehead atoms. The van der Waals surface area contributed by atoms with E-state index in [4.69, 9.17) is 4.74 Å². The van der Waals surface area contributed by atoms with Crippen LogP contribution < -0.4 is 9.62 Å². The number of hydrogen-bond acceptors (Lipinski definition) is 5. The molecule has 0 saturated carbocycles. The second-order valence-electron chi connectivity index (χ2n) is 5.64. The molecular weight excluding hydrogens is 332 g/mol. The highest BCUT2D eigenvalue weighted by molar-refractivity contribution is 7.94. The molecule has 124 valence electrons. The SMILES string of the molecule is Cc1ccc(S(=O)(=O)Nc2ccc(N3CCOC(C)C3)cc2)s1. The van der Waals surface area contributed by atoms with Crippen molar-refractivity contribution in [3.63, 3.8) is 0 Å². The molecular formula is C16H20N2O3S2. The van der Waals surface area contributed by atoms with Crippen LogP contribution in [0.5, 0.6) is 0 Å². The predicted molar refractivity (Wildman–Crippen MR) is 93.9 cm³/mol. The highest BCUT2D eigenvalue weighted by Crippen LogP contribution is 2.25. The lowest BCUT2D eigenvalue weighted by Gasteiger charge is -2.33. The number of morpholine rings is 1. The molecule has 1 aromatic heterocycles. The Labute approximate surface area is 140 Å². The molecule has 1 saturated heterocycles. The summed E-state index contributed by atoms with van der Waals surface area (Å²) in [5, 5.41) is 0. The Bertz CT molecular complexity index is 769. The molecule has 23 heavy (non-hydrogen) atoms. The van der Waals surface area contributed by atoms with Crippen LogP contribution in [0.15, 0.2) is 40.6 Å². The van der Waals surface area contributed by atoms with Crippen molar-refractivity contribution in [1.82, 2.24) is 0 Å². The number of thiophene rings is 1. The van der Waals surface area contributed by atoms with E-state index in [1.54, 1.807) is 18.2 Å². The molecule has 1 aliphatic heterocycles. The first-order valence-electron chi connectivity index (χ1n) is 7.50. The number of rotatable bonds is 4. The normalized spacial score (nSPS) is 18.9. The van der Waals surface area contributed by atoms with Crippen molar-refractivity contribution in [1.29, 1.82) is 0 Å². The molecule has 0 aliphatic carbocycles. The van der Waals surface area contributed by atoms with Gasteiger partial charge in [0.2, 0.25) is 0 Å². The number of nitrogens with zero attached hydrogens (tertiary/aromatic N) is 1. The molecule has 2 heterocycles. The molecule has 1 fully saturated rings. The van der Waals surface area contributed by atoms with E-state index in [9.17, 15) is 8.42 Å². The van der Waals surface area contributed by atoms with Gasteiger partial charge >= 0.3 is 0 Å². The molecule has 5 nitrogen and oxygen atoms in total. The van der Waals surface area contributed by atoms with Gasteiger partial charge in [-0.15, -0.1) is 11.3 Å². The van der Waals surface area contributed by atoms with Gasteiger partial charge in [0.05, 0.1) is 12.7 Å². The fourth-order valence-corrected chi connectivity index (χ4v) is 4.90. The van der Waals surface area contributed by atoms with Crippen LogP contribution in [0.25, 0.3) is 0 Å². The fourth-order valence-electron chi connectivity index (χ4n) is 2.56. The number of sulfonamides is 1. The lowest BCUT2D eigenvalue weighted by Crippen LogP contribution is -2.41. The maximum absolute atomic E-state index is 12.3. The topological polar surface area (TPSA) is 58.6 Å². The van der Waals surface area contributed by atoms with E-state index in [-0.39, 0.29) is 6.10 Å². The van der Waals surface area contributed by atoms with Crippen LogP contribution in [0.3, 0.4) is 0 Å². The van der Waals surface area contributed by atoms with Crippen molar-refractivity contribution in [2.75, 3.05) is 29.3 Å². The summed E-state index contributed by atoms with van der Waals surface area (Å²) < 4.78 is 33.1. The largest absolute Gasteiger partial charge is 0.375 e. The fraction of sp³-hybridized carbons (Fsp3) is 0.375. The molecule has 7 heteroatoms. The van der Waals surface area contributed by atoms with Gasteiger partial charge in [0.1, 0.15) is 4.21 Å². The summed E-state index contributed by atoms with van der Waals surface area (Å²) in [6, 6.07) is 10.9. The van der Waals surface area contributed by atoms with Crippen molar-refractivity contribution in [3.05, 3.63) is 41.3 Å². The lowest BCUT2D eigenvalue weighted by atomic mass is 10.2. The van der Waals surface area contributed by atoms with Gasteiger partial charge in [-0.05, 0) is 50.2 Å². The summed E-state index contributed by atoms with van der Waals surface area (Å²) in [4.78, 5) is 3.22. The maximum Gasteiger partial charge on any atom is 0.271 e. The third-order valence-corrected chi connectivity index (χ3v) is 6.58. The van der Waals surface area contributed by atoms with E-state index >= 15 is 0 Å². The van der Waals surface area contributed by atoms with Crippen molar-refractivity contribution < 1.29 is 13.2 Å². The number of hydrogen-bond donors (Lipinski definition) is 1. The summed E-state index contributed by atoms with van der Waals surface area (Å²) in [5.41, 5.74) is 1.65. The highest BCUT2D eigenvalue weighted by Gasteiger charge is 2.18. The molecule has 2 aromatic rings. The third kappa shape index (κ3) is 3.85. The Morgan fingerprint density at radius 3 is 2.57 bits per heavy atom. The minimum absolute atomic E-state index is 0.212. The quantitative estimate of drug-likeness (QED) is 0.919. The maximum atomic E-state index is 12.3. The Kier molecular flexibility index (Phi) is 4.61. The Hall–Kier alpha value is -1.57. The first kappa shape index (κ1) is 16.3. The van der Waals surface area contributed by atoms with E-state index in [1.165, 1.54) is 11.3 Å². The first-order valence-corrected chi connectivity index (χ1v) is 9.80. The number of ether oxygens (including phenoxy) is 1. The van der Waals surface area contributed by atoms with Crippen molar-refractivity contribution >= 4 is 32.7 Å². The third-order valence-electron chi connectivity index (χ3n) is 3.71. The second kappa shape index (κ2) is 6.51. The number of anilines is 2. The van der Waals surface area contributed by atoms with Gasteiger partial charge in [0.25, 0.3) is 10.0 Å². The van der Waals surface area contributed by atoms with Gasteiger partial charge in [-0.1, -0.05) is 0 Å². The van der Waals surface area contributed by atoms with Crippen LogP contribution in [0.2, 0.25) is 0 Å². The van der Waals surface area contributed by atoms with Crippen LogP contribution in [0, 0.1) is 6.92 Å². The summed E-state index contributed by atoms with van der Waals surface area (Å²) in [7, 11) is -3.50. The van der Waals surface area contributed by atoms with Crippen molar-refractivity contribution in [2.24, 2.45) is 0 Å². The minimum Gasteiger partial charge on any atom is -0.375 e. The van der Waals surface area contributed by atoms with E-state index < -0.39 is 10.0 Å². The number of nitrogens with one attached hydrogen (secondary N) is 1. The summed E-state index contributed by atoms with van der Waals surface area (Å²) in [5.74, 6) is 0. The predicted octanol–water partition coefficient (Wildman–Crippen LogP) is 3.08. The van der Waals surface area contributed by atoms with Gasteiger partial charge < -0.3 is 9.64 Å². The van der Waals surface area contributed by atoms with E-state index in [0.29, 0.717) is 16.5 Å². The number of benzene rings is 1. The zero-order valence-electron chi connectivity index (χ0n) is 13.2. The molecule has 3 rings (SSSR count). The Morgan fingerprint density at radius 1 is 1.22 bits per heavy atom. The van der Waals surface area contributed by atoms with Crippen LogP contribution in [-0.2, 0) is 14.8 Å². The molecule has 1 aromatic carbocycles. The average molecular weight is 352 g/mol. The zero-order chi connectivity index (χ0) is 16.4. The minimum atomic E-state index is -3.50. The zero-order valence-corrected chi connectivity index (χ0v) is 14.8. The van der Waals surface area contributed by atoms with Crippen LogP contribution >= 0.6 is 11.3 Å². The molecule has 0 radical (unpaired) electrons. The molecule has 1 atom stereocenters. The Morgan fingerprint density at radius 2 is 1.96 bits per heavy atom. The van der Waals surface area contributed by atoms with Crippen LogP contribution in [0.4, 0.5) is 11.4 Å². The molecule has 0 amide bonds. The smallest absolute Gasteiger partial charge is 0.271 e. The highest BCUT2D eigenvalue weighted by atomic mass is 32.2. The summed E-state index contributed by atoms with van der Waals surface area (Å²) in [6.45, 7) is 6.36. The summed E-state index contributed by atoms with van der Waals surface area (Å²) >= 11 is 1.27. The molecule has 1 aliphatic rings. The molecule has 1 unspecified atom stereocenters. The van der Waals surface area contributed by atoms with Gasteiger partial charge in [-0.25, -0.2) is 8.42 Å². The monoisotopic (exact) mass is 352 g/mol. The standard InChI is InChI=1S/C16H20N2O3S2/c1-12-11-18(9-10-21-12)15-6-4-14(5-7-15)17-23(19,20)16-8-3-13(2)22-16/h3-8,12,17H,9-11H2,1-2H3. The van der Waals surface area contributed by atoms with Gasteiger partial charge in [-0.3, -0.25) is 4.72 Å². The average Bonchev–Trinajstić information content (AvgIpc) is 2.95. The summed E-state index contributed by atoms with van der Waals surface area (Å²) in [6.07, 6.45) is 0.212. The Balaban J connectivity index is 1.72. The van der Waals surface area contributed by atoms with Gasteiger partial charge in [-0.2, -0.15) is 0 Å². The van der Waals surface area contributed by atoms with Crippen LogP contribution in [-0.4, -0.2) is 34.2 Å². The van der Waals surface area contributed by atoms with Crippen molar-refractivity contribution in [2.45, 2.75) is 24.2 Å². The van der Waals surface area contributed by atoms with Crippen LogP contribution in [0.1, 0.15) is 11.8 Å². The van der Waals surface area contributed by atoms with E-state index in [2.05, 4.69) is 16.5 Å². The lowest BCUT2D eigenvalue weighted by molar-refractivity contribution is 0.0532. The number of aryl methyl sites for hydroxylation is 1.